The van der Waals surface area contributed by atoms with Crippen molar-refractivity contribution in [1.29, 1.82) is 0 Å². The molecule has 0 spiro atoms. The first-order chi connectivity index (χ1) is 7.93. The Balaban J connectivity index is 2.10. The summed E-state index contributed by atoms with van der Waals surface area (Å²) < 4.78 is 5.59. The maximum Gasteiger partial charge on any atom is 0.230 e. The molecule has 0 fully saturated rings. The Labute approximate surface area is 91.1 Å². The molecule has 2 heterocycles. The van der Waals surface area contributed by atoms with E-state index in [0.717, 1.165) is 10.9 Å². The van der Waals surface area contributed by atoms with E-state index < -0.39 is 0 Å². The van der Waals surface area contributed by atoms with Gasteiger partial charge in [-0.2, -0.15) is 5.10 Å². The molecule has 1 N–H and O–H groups in total. The summed E-state index contributed by atoms with van der Waals surface area (Å²) in [6, 6.07) is 7.69. The van der Waals surface area contributed by atoms with Gasteiger partial charge in [-0.25, -0.2) is 9.97 Å². The average molecular weight is 212 g/mol. The second kappa shape index (κ2) is 3.62. The van der Waals surface area contributed by atoms with Crippen LogP contribution in [0.4, 0.5) is 0 Å². The molecule has 0 aliphatic rings. The Bertz CT molecular complexity index is 601. The summed E-state index contributed by atoms with van der Waals surface area (Å²) in [6.45, 7) is 0. The van der Waals surface area contributed by atoms with Gasteiger partial charge in [-0.05, 0) is 12.1 Å². The van der Waals surface area contributed by atoms with Crippen molar-refractivity contribution >= 4 is 10.9 Å². The van der Waals surface area contributed by atoms with Crippen LogP contribution in [0.25, 0.3) is 10.9 Å². The van der Waals surface area contributed by atoms with Crippen molar-refractivity contribution in [3.63, 3.8) is 0 Å². The fourth-order valence-electron chi connectivity index (χ4n) is 1.47. The van der Waals surface area contributed by atoms with E-state index in [0.29, 0.717) is 11.6 Å². The van der Waals surface area contributed by atoms with Gasteiger partial charge in [0.1, 0.15) is 6.33 Å². The van der Waals surface area contributed by atoms with E-state index in [1.165, 1.54) is 6.33 Å². The minimum Gasteiger partial charge on any atom is -0.435 e. The predicted octanol–water partition coefficient (Wildman–Crippen LogP) is 2.15. The minimum atomic E-state index is 0.534. The summed E-state index contributed by atoms with van der Waals surface area (Å²) in [5, 5.41) is 7.37. The van der Waals surface area contributed by atoms with Crippen molar-refractivity contribution in [1.82, 2.24) is 20.2 Å². The highest BCUT2D eigenvalue weighted by molar-refractivity contribution is 5.83. The summed E-state index contributed by atoms with van der Waals surface area (Å²) >= 11 is 0. The van der Waals surface area contributed by atoms with Gasteiger partial charge < -0.3 is 4.74 Å². The Hall–Kier alpha value is -2.43. The number of aromatic amines is 1. The number of nitrogens with zero attached hydrogens (tertiary/aromatic N) is 3. The van der Waals surface area contributed by atoms with Crippen LogP contribution in [0.3, 0.4) is 0 Å². The van der Waals surface area contributed by atoms with Crippen LogP contribution in [0.5, 0.6) is 11.6 Å². The summed E-state index contributed by atoms with van der Waals surface area (Å²) in [5.41, 5.74) is 0.857. The Morgan fingerprint density at radius 2 is 2.06 bits per heavy atom. The highest BCUT2D eigenvalue weighted by Crippen LogP contribution is 2.25. The molecule has 0 aliphatic heterocycles. The molecule has 5 nitrogen and oxygen atoms in total. The van der Waals surface area contributed by atoms with E-state index in [-0.39, 0.29) is 0 Å². The molecule has 0 amide bonds. The van der Waals surface area contributed by atoms with Crippen LogP contribution in [0.2, 0.25) is 0 Å². The van der Waals surface area contributed by atoms with E-state index in [1.807, 2.05) is 24.3 Å². The lowest BCUT2D eigenvalue weighted by molar-refractivity contribution is 0.468. The summed E-state index contributed by atoms with van der Waals surface area (Å²) in [4.78, 5) is 8.26. The third-order valence-corrected chi connectivity index (χ3v) is 2.19. The van der Waals surface area contributed by atoms with Crippen LogP contribution >= 0.6 is 0 Å². The van der Waals surface area contributed by atoms with Crippen molar-refractivity contribution in [2.45, 2.75) is 0 Å². The topological polar surface area (TPSA) is 63.7 Å². The zero-order valence-electron chi connectivity index (χ0n) is 8.29. The van der Waals surface area contributed by atoms with Gasteiger partial charge >= 0.3 is 0 Å². The minimum absolute atomic E-state index is 0.534. The van der Waals surface area contributed by atoms with Crippen LogP contribution < -0.4 is 4.74 Å². The van der Waals surface area contributed by atoms with Gasteiger partial charge in [0.2, 0.25) is 5.88 Å². The van der Waals surface area contributed by atoms with Gasteiger partial charge in [-0.3, -0.25) is 5.10 Å². The van der Waals surface area contributed by atoms with E-state index in [2.05, 4.69) is 20.2 Å². The summed E-state index contributed by atoms with van der Waals surface area (Å²) in [6.07, 6.45) is 4.74. The molecular weight excluding hydrogens is 204 g/mol. The van der Waals surface area contributed by atoms with Gasteiger partial charge in [-0.1, -0.05) is 12.1 Å². The fraction of sp³-hybridized carbons (Fsp3) is 0. The first kappa shape index (κ1) is 8.84. The number of hydrogen-bond donors (Lipinski definition) is 1. The highest BCUT2D eigenvalue weighted by atomic mass is 16.5. The second-order valence-electron chi connectivity index (χ2n) is 3.23. The average Bonchev–Trinajstić information content (AvgIpc) is 2.82. The van der Waals surface area contributed by atoms with Crippen molar-refractivity contribution in [3.05, 3.63) is 43.0 Å². The number of H-pyrrole nitrogens is 1. The molecule has 0 saturated carbocycles. The molecule has 0 radical (unpaired) electrons. The standard InChI is InChI=1S/C11H8N4O/c1-2-4-10-9(3-1)11(13-7-12-10)16-8-5-14-15-6-8/h1-7H,(H,14,15). The third kappa shape index (κ3) is 1.48. The number of para-hydroxylation sites is 1. The number of fused-ring (bicyclic) bond motifs is 1. The van der Waals surface area contributed by atoms with Crippen LogP contribution in [0, 0.1) is 0 Å². The second-order valence-corrected chi connectivity index (χ2v) is 3.23. The zero-order valence-corrected chi connectivity index (χ0v) is 8.29. The van der Waals surface area contributed by atoms with Crippen molar-refractivity contribution in [2.24, 2.45) is 0 Å². The largest absolute Gasteiger partial charge is 0.435 e. The lowest BCUT2D eigenvalue weighted by Crippen LogP contribution is -1.89. The molecule has 3 rings (SSSR count). The Morgan fingerprint density at radius 3 is 2.94 bits per heavy atom. The predicted molar refractivity (Wildman–Crippen MR) is 58.2 cm³/mol. The molecule has 78 valence electrons. The molecule has 16 heavy (non-hydrogen) atoms. The van der Waals surface area contributed by atoms with E-state index in [9.17, 15) is 0 Å². The summed E-state index contributed by atoms with van der Waals surface area (Å²) in [7, 11) is 0. The molecule has 0 saturated heterocycles. The lowest BCUT2D eigenvalue weighted by atomic mass is 10.2. The number of ether oxygens (including phenoxy) is 1. The molecule has 3 aromatic rings. The van der Waals surface area contributed by atoms with Crippen LogP contribution in [0.1, 0.15) is 0 Å². The van der Waals surface area contributed by atoms with Gasteiger partial charge in [0.25, 0.3) is 0 Å². The number of aromatic nitrogens is 4. The maximum atomic E-state index is 5.59. The lowest BCUT2D eigenvalue weighted by Gasteiger charge is -2.04. The van der Waals surface area contributed by atoms with Crippen molar-refractivity contribution in [2.75, 3.05) is 0 Å². The number of benzene rings is 1. The Kier molecular flexibility index (Phi) is 2.00. The highest BCUT2D eigenvalue weighted by Gasteiger charge is 2.05. The van der Waals surface area contributed by atoms with E-state index in [4.69, 9.17) is 4.74 Å². The van der Waals surface area contributed by atoms with Crippen molar-refractivity contribution in [3.8, 4) is 11.6 Å². The fourth-order valence-corrected chi connectivity index (χ4v) is 1.47. The molecule has 5 heteroatoms. The Morgan fingerprint density at radius 1 is 1.12 bits per heavy atom. The van der Waals surface area contributed by atoms with Gasteiger partial charge in [0, 0.05) is 0 Å². The maximum absolute atomic E-state index is 5.59. The molecular formula is C11H8N4O. The quantitative estimate of drug-likeness (QED) is 0.706. The van der Waals surface area contributed by atoms with Crippen LogP contribution in [0.15, 0.2) is 43.0 Å². The number of hydrogen-bond acceptors (Lipinski definition) is 4. The van der Waals surface area contributed by atoms with Crippen molar-refractivity contribution < 1.29 is 4.74 Å². The van der Waals surface area contributed by atoms with E-state index >= 15 is 0 Å². The van der Waals surface area contributed by atoms with Gasteiger partial charge in [-0.15, -0.1) is 0 Å². The first-order valence-corrected chi connectivity index (χ1v) is 4.80. The normalized spacial score (nSPS) is 10.5. The first-order valence-electron chi connectivity index (χ1n) is 4.80. The SMILES string of the molecule is c1ccc2c(Oc3cn[nH]c3)ncnc2c1. The molecule has 0 atom stereocenters. The third-order valence-electron chi connectivity index (χ3n) is 2.19. The molecule has 0 unspecified atom stereocenters. The van der Waals surface area contributed by atoms with E-state index in [1.54, 1.807) is 12.4 Å². The molecule has 0 aliphatic carbocycles. The summed E-state index contributed by atoms with van der Waals surface area (Å²) in [5.74, 6) is 1.16. The smallest absolute Gasteiger partial charge is 0.230 e. The van der Waals surface area contributed by atoms with Crippen LogP contribution in [-0.2, 0) is 0 Å². The zero-order chi connectivity index (χ0) is 10.8. The van der Waals surface area contributed by atoms with Gasteiger partial charge in [0.15, 0.2) is 5.75 Å². The monoisotopic (exact) mass is 212 g/mol. The number of rotatable bonds is 2. The van der Waals surface area contributed by atoms with Crippen LogP contribution in [-0.4, -0.2) is 20.2 Å². The molecule has 1 aromatic carbocycles. The molecule has 0 bridgehead atoms. The molecule has 2 aromatic heterocycles. The van der Waals surface area contributed by atoms with Gasteiger partial charge in [0.05, 0.1) is 23.3 Å². The number of nitrogens with one attached hydrogen (secondary N) is 1.